The van der Waals surface area contributed by atoms with Gasteiger partial charge in [-0.15, -0.1) is 0 Å². The molecule has 1 aliphatic heterocycles. The average Bonchev–Trinajstić information content (AvgIpc) is 3.23. The molecule has 9 nitrogen and oxygen atoms in total. The number of allylic oxidation sites excluding steroid dienone is 1. The number of nitrogens with two attached hydrogens (primary N) is 1. The van der Waals surface area contributed by atoms with Crippen LogP contribution < -0.4 is 21.7 Å². The monoisotopic (exact) mass is 477 g/mol. The number of amides is 1. The molecule has 0 saturated heterocycles. The number of oxazole rings is 1. The number of benzene rings is 2. The topological polar surface area (TPSA) is 130 Å². The predicted octanol–water partition coefficient (Wildman–Crippen LogP) is 3.53. The zero-order chi connectivity index (χ0) is 24.1. The number of halogens is 1. The van der Waals surface area contributed by atoms with E-state index in [1.807, 2.05) is 42.5 Å². The van der Waals surface area contributed by atoms with Gasteiger partial charge in [0.25, 0.3) is 5.91 Å². The summed E-state index contributed by atoms with van der Waals surface area (Å²) in [6, 6.07) is 14.3. The molecule has 10 heteroatoms. The minimum absolute atomic E-state index is 0.219. The van der Waals surface area contributed by atoms with Crippen LogP contribution in [0.4, 0.5) is 6.01 Å². The van der Waals surface area contributed by atoms with Crippen molar-refractivity contribution in [3.05, 3.63) is 82.2 Å². The highest BCUT2D eigenvalue weighted by Crippen LogP contribution is 2.35. The number of aliphatic imine (C=N–C) groups is 2. The second-order valence-electron chi connectivity index (χ2n) is 7.49. The second kappa shape index (κ2) is 10.2. The van der Waals surface area contributed by atoms with E-state index in [4.69, 9.17) is 26.7 Å². The third-order valence-electron chi connectivity index (χ3n) is 5.17. The molecule has 0 saturated carbocycles. The van der Waals surface area contributed by atoms with Crippen molar-refractivity contribution in [2.45, 2.75) is 13.0 Å². The Morgan fingerprint density at radius 2 is 2.03 bits per heavy atom. The van der Waals surface area contributed by atoms with Gasteiger partial charge < -0.3 is 20.8 Å². The number of nitrogens with zero attached hydrogens (tertiary/aromatic N) is 3. The van der Waals surface area contributed by atoms with Crippen molar-refractivity contribution >= 4 is 46.8 Å². The number of nitrogens with one attached hydrogen (secondary N) is 3. The molecule has 1 atom stereocenters. The summed E-state index contributed by atoms with van der Waals surface area (Å²) in [5.41, 5.74) is 9.39. The first kappa shape index (κ1) is 23.1. The van der Waals surface area contributed by atoms with Gasteiger partial charge >= 0.3 is 6.01 Å². The first-order chi connectivity index (χ1) is 16.5. The molecule has 1 aromatic heterocycles. The first-order valence-corrected chi connectivity index (χ1v) is 10.9. The van der Waals surface area contributed by atoms with Crippen molar-refractivity contribution in [1.29, 1.82) is 0 Å². The predicted molar refractivity (Wildman–Crippen MR) is 135 cm³/mol. The summed E-state index contributed by atoms with van der Waals surface area (Å²) in [7, 11) is 1.64. The van der Waals surface area contributed by atoms with Crippen molar-refractivity contribution in [3.63, 3.8) is 0 Å². The van der Waals surface area contributed by atoms with E-state index >= 15 is 0 Å². The van der Waals surface area contributed by atoms with Crippen LogP contribution in [-0.4, -0.2) is 36.7 Å². The lowest BCUT2D eigenvalue weighted by molar-refractivity contribution is -0.117. The zero-order valence-electron chi connectivity index (χ0n) is 18.7. The van der Waals surface area contributed by atoms with Crippen molar-refractivity contribution in [2.75, 3.05) is 18.9 Å². The van der Waals surface area contributed by atoms with Crippen molar-refractivity contribution < 1.29 is 9.21 Å². The van der Waals surface area contributed by atoms with E-state index in [0.717, 1.165) is 5.52 Å². The number of rotatable bonds is 6. The molecular formula is C24H24ClN7O2. The lowest BCUT2D eigenvalue weighted by Crippen LogP contribution is -2.39. The molecule has 0 fully saturated rings. The molecule has 0 aliphatic carbocycles. The molecule has 34 heavy (non-hydrogen) atoms. The summed E-state index contributed by atoms with van der Waals surface area (Å²) in [4.78, 5) is 26.3. The lowest BCUT2D eigenvalue weighted by Gasteiger charge is -2.27. The van der Waals surface area contributed by atoms with E-state index in [-0.39, 0.29) is 18.5 Å². The standard InChI is InChI=1S/C24H24ClN7O2/c1-14-20(22(33)28-13-15(11-26)12-27-2)21(16-7-3-4-8-17(16)25)31-23(29-14)32-24-30-18-9-5-6-10-19(18)34-24/h3-12,21H,13,26H2,1-2H3,(H,28,33)(H2,29,30,31,32). The Labute approximate surface area is 201 Å². The zero-order valence-corrected chi connectivity index (χ0v) is 19.4. The van der Waals surface area contributed by atoms with Gasteiger partial charge in [0, 0.05) is 47.9 Å². The quantitative estimate of drug-likeness (QED) is 0.402. The molecule has 1 unspecified atom stereocenters. The van der Waals surface area contributed by atoms with Crippen molar-refractivity contribution in [1.82, 2.24) is 15.6 Å². The van der Waals surface area contributed by atoms with E-state index in [1.54, 1.807) is 26.3 Å². The summed E-state index contributed by atoms with van der Waals surface area (Å²) in [6.07, 6.45) is 2.99. The molecule has 2 heterocycles. The van der Waals surface area contributed by atoms with Gasteiger partial charge in [0.2, 0.25) is 5.96 Å². The maximum Gasteiger partial charge on any atom is 0.302 e. The minimum Gasteiger partial charge on any atom is -0.423 e. The Kier molecular flexibility index (Phi) is 6.93. The molecule has 0 spiro atoms. The Balaban J connectivity index is 1.65. The number of anilines is 1. The first-order valence-electron chi connectivity index (χ1n) is 10.5. The van der Waals surface area contributed by atoms with Crippen molar-refractivity contribution in [2.24, 2.45) is 15.7 Å². The Morgan fingerprint density at radius 3 is 2.76 bits per heavy atom. The number of aromatic nitrogens is 1. The van der Waals surface area contributed by atoms with Gasteiger partial charge in [-0.25, -0.2) is 4.99 Å². The maximum atomic E-state index is 13.2. The molecule has 174 valence electrons. The van der Waals surface area contributed by atoms with Crippen LogP contribution in [0.2, 0.25) is 5.02 Å². The molecule has 2 aromatic carbocycles. The van der Waals surface area contributed by atoms with Crippen LogP contribution in [0.5, 0.6) is 0 Å². The molecule has 4 rings (SSSR count). The maximum absolute atomic E-state index is 13.2. The van der Waals surface area contributed by atoms with Gasteiger partial charge in [-0.1, -0.05) is 41.9 Å². The molecule has 1 amide bonds. The molecule has 5 N–H and O–H groups in total. The fourth-order valence-electron chi connectivity index (χ4n) is 3.57. The lowest BCUT2D eigenvalue weighted by atomic mass is 9.95. The Morgan fingerprint density at radius 1 is 1.26 bits per heavy atom. The summed E-state index contributed by atoms with van der Waals surface area (Å²) >= 11 is 6.49. The Bertz CT molecular complexity index is 1310. The smallest absolute Gasteiger partial charge is 0.302 e. The van der Waals surface area contributed by atoms with E-state index in [0.29, 0.717) is 39.0 Å². The largest absolute Gasteiger partial charge is 0.423 e. The summed E-state index contributed by atoms with van der Waals surface area (Å²) in [5, 5.41) is 9.58. The van der Waals surface area contributed by atoms with E-state index in [1.165, 1.54) is 6.20 Å². The van der Waals surface area contributed by atoms with Crippen molar-refractivity contribution in [3.8, 4) is 0 Å². The normalized spacial score (nSPS) is 16.5. The van der Waals surface area contributed by atoms with Crippen LogP contribution in [0.25, 0.3) is 11.1 Å². The fraction of sp³-hybridized carbons (Fsp3) is 0.167. The highest BCUT2D eigenvalue weighted by molar-refractivity contribution is 6.31. The minimum atomic E-state index is -0.660. The fourth-order valence-corrected chi connectivity index (χ4v) is 3.81. The summed E-state index contributed by atoms with van der Waals surface area (Å²) < 4.78 is 5.75. The van der Waals surface area contributed by atoms with E-state index in [2.05, 4.69) is 25.9 Å². The third kappa shape index (κ3) is 4.94. The van der Waals surface area contributed by atoms with Gasteiger partial charge in [0.15, 0.2) is 5.58 Å². The average molecular weight is 478 g/mol. The number of carbonyl (C=O) groups excluding carboxylic acids is 1. The number of hydrogen-bond acceptors (Lipinski definition) is 8. The van der Waals surface area contributed by atoms with Gasteiger partial charge in [-0.2, -0.15) is 4.98 Å². The summed E-state index contributed by atoms with van der Waals surface area (Å²) in [5.74, 6) is 0.0784. The molecule has 0 radical (unpaired) electrons. The van der Waals surface area contributed by atoms with Gasteiger partial charge in [0.05, 0.1) is 5.57 Å². The molecular weight excluding hydrogens is 454 g/mol. The second-order valence-corrected chi connectivity index (χ2v) is 7.90. The molecule has 3 aromatic rings. The van der Waals surface area contributed by atoms with Crippen LogP contribution in [0.15, 0.2) is 86.0 Å². The number of guanidine groups is 1. The van der Waals surface area contributed by atoms with Crippen LogP contribution in [0, 0.1) is 0 Å². The number of carbonyl (C=O) groups is 1. The highest BCUT2D eigenvalue weighted by atomic mass is 35.5. The third-order valence-corrected chi connectivity index (χ3v) is 5.51. The number of para-hydroxylation sites is 2. The van der Waals surface area contributed by atoms with Crippen LogP contribution in [0.3, 0.4) is 0 Å². The Hall–Kier alpha value is -4.11. The van der Waals surface area contributed by atoms with Gasteiger partial charge in [-0.05, 0) is 25.1 Å². The molecule has 0 bridgehead atoms. The van der Waals surface area contributed by atoms with Gasteiger partial charge in [-0.3, -0.25) is 15.1 Å². The van der Waals surface area contributed by atoms with Crippen LogP contribution >= 0.6 is 11.6 Å². The van der Waals surface area contributed by atoms with Crippen LogP contribution in [-0.2, 0) is 4.79 Å². The molecule has 1 aliphatic rings. The SMILES string of the molecule is CN=CC(=CN)CNC(=O)C1=C(C)NC(Nc2nc3ccccc3o2)=NC1c1ccccc1Cl. The number of fused-ring (bicyclic) bond motifs is 1. The van der Waals surface area contributed by atoms with Crippen LogP contribution in [0.1, 0.15) is 18.5 Å². The van der Waals surface area contributed by atoms with E-state index < -0.39 is 6.04 Å². The highest BCUT2D eigenvalue weighted by Gasteiger charge is 2.31. The van der Waals surface area contributed by atoms with E-state index in [9.17, 15) is 4.79 Å². The number of hydrogen-bond donors (Lipinski definition) is 4. The summed E-state index contributed by atoms with van der Waals surface area (Å²) in [6.45, 7) is 2.02. The van der Waals surface area contributed by atoms with Gasteiger partial charge in [0.1, 0.15) is 11.6 Å².